The van der Waals surface area contributed by atoms with Crippen LogP contribution in [0.15, 0.2) is 0 Å². The van der Waals surface area contributed by atoms with Crippen LogP contribution in [0.3, 0.4) is 0 Å². The predicted molar refractivity (Wildman–Crippen MR) is 71.2 cm³/mol. The Balaban J connectivity index is 1.47. The molecule has 98 valence electrons. The largest absolute Gasteiger partial charge is 0.316 e. The Morgan fingerprint density at radius 1 is 1.06 bits per heavy atom. The number of fused-ring (bicyclic) bond motifs is 1. The zero-order chi connectivity index (χ0) is 11.7. The number of likely N-dealkylation sites (tertiary alicyclic amines) is 2. The second-order valence-corrected chi connectivity index (χ2v) is 6.21. The Kier molecular flexibility index (Phi) is 3.69. The standard InChI is InChI=1S/C14H27N3/c1-2-5-16-6-3-14(4-7-16)17-10-12-8-15-9-13(12)11-17/h12-15H,2-11H2,1H3. The average Bonchev–Trinajstić information content (AvgIpc) is 2.90. The quantitative estimate of drug-likeness (QED) is 0.790. The number of piperidine rings is 1. The summed E-state index contributed by atoms with van der Waals surface area (Å²) in [5, 5.41) is 3.54. The minimum atomic E-state index is 0.897. The van der Waals surface area contributed by atoms with E-state index in [9.17, 15) is 0 Å². The molecule has 1 N–H and O–H groups in total. The molecule has 0 spiro atoms. The van der Waals surface area contributed by atoms with Crippen molar-refractivity contribution in [2.24, 2.45) is 11.8 Å². The normalized spacial score (nSPS) is 36.5. The van der Waals surface area contributed by atoms with Gasteiger partial charge in [-0.1, -0.05) is 6.92 Å². The molecule has 0 aliphatic carbocycles. The topological polar surface area (TPSA) is 18.5 Å². The second kappa shape index (κ2) is 5.25. The van der Waals surface area contributed by atoms with E-state index in [1.807, 2.05) is 0 Å². The van der Waals surface area contributed by atoms with Gasteiger partial charge in [0.2, 0.25) is 0 Å². The SMILES string of the molecule is CCCN1CCC(N2CC3CNCC3C2)CC1. The van der Waals surface area contributed by atoms with Crippen molar-refractivity contribution in [3.63, 3.8) is 0 Å². The fraction of sp³-hybridized carbons (Fsp3) is 1.00. The van der Waals surface area contributed by atoms with Crippen molar-refractivity contribution in [1.82, 2.24) is 15.1 Å². The summed E-state index contributed by atoms with van der Waals surface area (Å²) in [6.07, 6.45) is 4.13. The van der Waals surface area contributed by atoms with E-state index in [4.69, 9.17) is 0 Å². The Labute approximate surface area is 106 Å². The van der Waals surface area contributed by atoms with E-state index in [1.165, 1.54) is 65.1 Å². The van der Waals surface area contributed by atoms with Crippen LogP contribution in [0, 0.1) is 11.8 Å². The minimum absolute atomic E-state index is 0.897. The third kappa shape index (κ3) is 2.51. The summed E-state index contributed by atoms with van der Waals surface area (Å²) in [7, 11) is 0. The third-order valence-corrected chi connectivity index (χ3v) is 5.03. The lowest BCUT2D eigenvalue weighted by Crippen LogP contribution is -2.45. The molecule has 0 aromatic heterocycles. The van der Waals surface area contributed by atoms with Gasteiger partial charge in [0.25, 0.3) is 0 Å². The molecule has 0 aromatic carbocycles. The van der Waals surface area contributed by atoms with Crippen LogP contribution < -0.4 is 5.32 Å². The highest BCUT2D eigenvalue weighted by molar-refractivity contribution is 4.94. The molecule has 0 radical (unpaired) electrons. The van der Waals surface area contributed by atoms with Gasteiger partial charge in [-0.05, 0) is 63.8 Å². The van der Waals surface area contributed by atoms with E-state index in [0.29, 0.717) is 0 Å². The van der Waals surface area contributed by atoms with E-state index in [-0.39, 0.29) is 0 Å². The molecule has 3 heterocycles. The van der Waals surface area contributed by atoms with Crippen molar-refractivity contribution in [2.45, 2.75) is 32.2 Å². The van der Waals surface area contributed by atoms with Crippen LogP contribution in [0.5, 0.6) is 0 Å². The molecule has 17 heavy (non-hydrogen) atoms. The molecular formula is C14H27N3. The average molecular weight is 237 g/mol. The van der Waals surface area contributed by atoms with Gasteiger partial charge < -0.3 is 10.2 Å². The van der Waals surface area contributed by atoms with Crippen LogP contribution in [0.1, 0.15) is 26.2 Å². The van der Waals surface area contributed by atoms with Crippen molar-refractivity contribution < 1.29 is 0 Å². The lowest BCUT2D eigenvalue weighted by Gasteiger charge is -2.37. The zero-order valence-electron chi connectivity index (χ0n) is 11.2. The van der Waals surface area contributed by atoms with Gasteiger partial charge in [0.15, 0.2) is 0 Å². The van der Waals surface area contributed by atoms with Crippen LogP contribution in [0.25, 0.3) is 0 Å². The summed E-state index contributed by atoms with van der Waals surface area (Å²) in [4.78, 5) is 5.45. The van der Waals surface area contributed by atoms with Gasteiger partial charge in [-0.3, -0.25) is 4.90 Å². The first kappa shape index (κ1) is 11.9. The summed E-state index contributed by atoms with van der Waals surface area (Å²) < 4.78 is 0. The van der Waals surface area contributed by atoms with Crippen LogP contribution in [-0.4, -0.2) is 61.7 Å². The molecule has 0 amide bonds. The first-order chi connectivity index (χ1) is 8.36. The molecule has 3 aliphatic rings. The van der Waals surface area contributed by atoms with Gasteiger partial charge in [-0.25, -0.2) is 0 Å². The van der Waals surface area contributed by atoms with Gasteiger partial charge in [0.1, 0.15) is 0 Å². The first-order valence-corrected chi connectivity index (χ1v) is 7.54. The van der Waals surface area contributed by atoms with Crippen molar-refractivity contribution in [3.8, 4) is 0 Å². The maximum atomic E-state index is 3.54. The second-order valence-electron chi connectivity index (χ2n) is 6.21. The maximum absolute atomic E-state index is 3.54. The molecule has 3 rings (SSSR count). The van der Waals surface area contributed by atoms with Crippen LogP contribution in [0.4, 0.5) is 0 Å². The molecule has 3 fully saturated rings. The Morgan fingerprint density at radius 3 is 2.29 bits per heavy atom. The Morgan fingerprint density at radius 2 is 1.71 bits per heavy atom. The lowest BCUT2D eigenvalue weighted by atomic mass is 10.0. The fourth-order valence-corrected chi connectivity index (χ4v) is 4.01. The number of nitrogens with one attached hydrogen (secondary N) is 1. The first-order valence-electron chi connectivity index (χ1n) is 7.54. The summed E-state index contributed by atoms with van der Waals surface area (Å²) >= 11 is 0. The van der Waals surface area contributed by atoms with Gasteiger partial charge in [0, 0.05) is 19.1 Å². The van der Waals surface area contributed by atoms with Crippen molar-refractivity contribution in [1.29, 1.82) is 0 Å². The highest BCUT2D eigenvalue weighted by Gasteiger charge is 2.39. The smallest absolute Gasteiger partial charge is 0.0120 e. The van der Waals surface area contributed by atoms with Crippen LogP contribution in [0.2, 0.25) is 0 Å². The summed E-state index contributed by atoms with van der Waals surface area (Å²) in [6.45, 7) is 11.6. The molecule has 3 nitrogen and oxygen atoms in total. The number of rotatable bonds is 3. The molecule has 3 aliphatic heterocycles. The predicted octanol–water partition coefficient (Wildman–Crippen LogP) is 1.01. The zero-order valence-corrected chi connectivity index (χ0v) is 11.2. The maximum Gasteiger partial charge on any atom is 0.0120 e. The summed E-state index contributed by atoms with van der Waals surface area (Å²) in [5.41, 5.74) is 0. The van der Waals surface area contributed by atoms with E-state index >= 15 is 0 Å². The Bertz CT molecular complexity index is 236. The van der Waals surface area contributed by atoms with Gasteiger partial charge in [0.05, 0.1) is 0 Å². The third-order valence-electron chi connectivity index (χ3n) is 5.03. The highest BCUT2D eigenvalue weighted by atomic mass is 15.2. The molecule has 0 aromatic rings. The van der Waals surface area contributed by atoms with Crippen molar-refractivity contribution >= 4 is 0 Å². The molecule has 2 unspecified atom stereocenters. The molecule has 0 bridgehead atoms. The lowest BCUT2D eigenvalue weighted by molar-refractivity contribution is 0.121. The van der Waals surface area contributed by atoms with Gasteiger partial charge in [-0.2, -0.15) is 0 Å². The number of hydrogen-bond acceptors (Lipinski definition) is 3. The van der Waals surface area contributed by atoms with Crippen molar-refractivity contribution in [3.05, 3.63) is 0 Å². The molecular weight excluding hydrogens is 210 g/mol. The van der Waals surface area contributed by atoms with E-state index < -0.39 is 0 Å². The summed E-state index contributed by atoms with van der Waals surface area (Å²) in [6, 6.07) is 0.897. The van der Waals surface area contributed by atoms with Crippen LogP contribution >= 0.6 is 0 Å². The molecule has 3 heteroatoms. The summed E-state index contributed by atoms with van der Waals surface area (Å²) in [5.74, 6) is 1.92. The highest BCUT2D eigenvalue weighted by Crippen LogP contribution is 2.30. The van der Waals surface area contributed by atoms with Crippen molar-refractivity contribution in [2.75, 3.05) is 45.8 Å². The van der Waals surface area contributed by atoms with Gasteiger partial charge in [-0.15, -0.1) is 0 Å². The molecule has 0 saturated carbocycles. The monoisotopic (exact) mass is 237 g/mol. The van der Waals surface area contributed by atoms with Crippen LogP contribution in [-0.2, 0) is 0 Å². The number of hydrogen-bond donors (Lipinski definition) is 1. The molecule has 3 saturated heterocycles. The molecule has 2 atom stereocenters. The fourth-order valence-electron chi connectivity index (χ4n) is 4.01. The Hall–Kier alpha value is -0.120. The van der Waals surface area contributed by atoms with E-state index in [1.54, 1.807) is 0 Å². The van der Waals surface area contributed by atoms with E-state index in [2.05, 4.69) is 22.0 Å². The minimum Gasteiger partial charge on any atom is -0.316 e. The van der Waals surface area contributed by atoms with E-state index in [0.717, 1.165) is 17.9 Å². The number of nitrogens with zero attached hydrogens (tertiary/aromatic N) is 2. The van der Waals surface area contributed by atoms with Gasteiger partial charge >= 0.3 is 0 Å².